The van der Waals surface area contributed by atoms with Crippen molar-refractivity contribution < 1.29 is 14.6 Å². The first-order chi connectivity index (χ1) is 9.06. The van der Waals surface area contributed by atoms with Crippen molar-refractivity contribution in [2.24, 2.45) is 0 Å². The summed E-state index contributed by atoms with van der Waals surface area (Å²) < 4.78 is 5.31. The molecule has 5 heteroatoms. The van der Waals surface area contributed by atoms with Gasteiger partial charge in [0, 0.05) is 24.7 Å². The molecule has 2 rings (SSSR count). The van der Waals surface area contributed by atoms with E-state index in [9.17, 15) is 9.90 Å². The monoisotopic (exact) mass is 283 g/mol. The Labute approximate surface area is 117 Å². The summed E-state index contributed by atoms with van der Waals surface area (Å²) in [6.07, 6.45) is 1.44. The van der Waals surface area contributed by atoms with E-state index in [1.165, 1.54) is 6.07 Å². The van der Waals surface area contributed by atoms with Gasteiger partial charge in [-0.2, -0.15) is 0 Å². The third-order valence-electron chi connectivity index (χ3n) is 3.54. The molecule has 0 aliphatic carbocycles. The predicted octanol–water partition coefficient (Wildman–Crippen LogP) is 2.22. The van der Waals surface area contributed by atoms with Crippen LogP contribution in [0.3, 0.4) is 0 Å². The molecule has 1 aliphatic rings. The van der Waals surface area contributed by atoms with E-state index in [4.69, 9.17) is 16.3 Å². The zero-order valence-corrected chi connectivity index (χ0v) is 11.7. The molecule has 2 N–H and O–H groups in total. The summed E-state index contributed by atoms with van der Waals surface area (Å²) in [5.74, 6) is 0.402. The Hall–Kier alpha value is -1.26. The molecule has 0 radical (unpaired) electrons. The molecule has 0 saturated carbocycles. The van der Waals surface area contributed by atoms with Crippen molar-refractivity contribution >= 4 is 17.5 Å². The van der Waals surface area contributed by atoms with Crippen LogP contribution in [0.1, 0.15) is 28.8 Å². The lowest BCUT2D eigenvalue weighted by Gasteiger charge is -2.36. The zero-order valence-electron chi connectivity index (χ0n) is 10.9. The van der Waals surface area contributed by atoms with Gasteiger partial charge in [0.15, 0.2) is 0 Å². The summed E-state index contributed by atoms with van der Waals surface area (Å²) in [6.45, 7) is 2.99. The van der Waals surface area contributed by atoms with Gasteiger partial charge in [-0.3, -0.25) is 4.79 Å². The summed E-state index contributed by atoms with van der Waals surface area (Å²) in [7, 11) is 0. The summed E-state index contributed by atoms with van der Waals surface area (Å²) in [4.78, 5) is 12.2. The average molecular weight is 284 g/mol. The molecule has 4 nitrogen and oxygen atoms in total. The largest absolute Gasteiger partial charge is 0.508 e. The van der Waals surface area contributed by atoms with E-state index in [1.807, 2.05) is 0 Å². The Bertz CT molecular complexity index is 470. The number of nitrogens with one attached hydrogen (secondary N) is 1. The SMILES string of the molecule is Cc1cc(C(=O)NC2(CCl)CCOCC2)ccc1O. The van der Waals surface area contributed by atoms with Gasteiger partial charge in [0.05, 0.1) is 5.54 Å². The molecule has 0 unspecified atom stereocenters. The van der Waals surface area contributed by atoms with Crippen molar-refractivity contribution in [2.45, 2.75) is 25.3 Å². The van der Waals surface area contributed by atoms with Crippen LogP contribution in [-0.2, 0) is 4.74 Å². The predicted molar refractivity (Wildman–Crippen MR) is 73.8 cm³/mol. The minimum atomic E-state index is -0.386. The highest BCUT2D eigenvalue weighted by Gasteiger charge is 2.33. The maximum Gasteiger partial charge on any atom is 0.251 e. The van der Waals surface area contributed by atoms with Crippen molar-refractivity contribution in [3.63, 3.8) is 0 Å². The number of aryl methyl sites for hydroxylation is 1. The molecule has 1 aromatic carbocycles. The maximum absolute atomic E-state index is 12.2. The minimum Gasteiger partial charge on any atom is -0.508 e. The molecule has 0 bridgehead atoms. The third-order valence-corrected chi connectivity index (χ3v) is 4.05. The number of carbonyl (C=O) groups excluding carboxylic acids is 1. The van der Waals surface area contributed by atoms with E-state index in [1.54, 1.807) is 19.1 Å². The van der Waals surface area contributed by atoms with Gasteiger partial charge in [-0.15, -0.1) is 11.6 Å². The molecule has 19 heavy (non-hydrogen) atoms. The Kier molecular flexibility index (Phi) is 4.32. The number of carbonyl (C=O) groups is 1. The van der Waals surface area contributed by atoms with Gasteiger partial charge in [-0.25, -0.2) is 0 Å². The smallest absolute Gasteiger partial charge is 0.251 e. The van der Waals surface area contributed by atoms with Crippen molar-refractivity contribution in [2.75, 3.05) is 19.1 Å². The Morgan fingerprint density at radius 2 is 2.16 bits per heavy atom. The lowest BCUT2D eigenvalue weighted by atomic mass is 9.91. The summed E-state index contributed by atoms with van der Waals surface area (Å²) in [6, 6.07) is 4.81. The normalized spacial score (nSPS) is 18.0. The van der Waals surface area contributed by atoms with E-state index < -0.39 is 0 Å². The Balaban J connectivity index is 2.12. The van der Waals surface area contributed by atoms with Gasteiger partial charge in [-0.1, -0.05) is 0 Å². The Morgan fingerprint density at radius 3 is 2.74 bits per heavy atom. The van der Waals surface area contributed by atoms with Crippen LogP contribution < -0.4 is 5.32 Å². The molecule has 0 aromatic heterocycles. The number of hydrogen-bond acceptors (Lipinski definition) is 3. The number of aromatic hydroxyl groups is 1. The average Bonchev–Trinajstić information content (AvgIpc) is 2.43. The molecule has 1 amide bonds. The highest BCUT2D eigenvalue weighted by Crippen LogP contribution is 2.23. The lowest BCUT2D eigenvalue weighted by molar-refractivity contribution is 0.0434. The second kappa shape index (κ2) is 5.80. The van der Waals surface area contributed by atoms with Crippen molar-refractivity contribution in [1.82, 2.24) is 5.32 Å². The topological polar surface area (TPSA) is 58.6 Å². The zero-order chi connectivity index (χ0) is 13.9. The van der Waals surface area contributed by atoms with Gasteiger partial charge in [0.2, 0.25) is 0 Å². The van der Waals surface area contributed by atoms with E-state index in [0.29, 0.717) is 30.2 Å². The van der Waals surface area contributed by atoms with Crippen molar-refractivity contribution in [3.8, 4) is 5.75 Å². The summed E-state index contributed by atoms with van der Waals surface area (Å²) >= 11 is 6.01. The quantitative estimate of drug-likeness (QED) is 0.836. The number of ether oxygens (including phenoxy) is 1. The maximum atomic E-state index is 12.2. The van der Waals surface area contributed by atoms with Gasteiger partial charge in [0.1, 0.15) is 5.75 Å². The second-order valence-corrected chi connectivity index (χ2v) is 5.25. The first kappa shape index (κ1) is 14.2. The highest BCUT2D eigenvalue weighted by atomic mass is 35.5. The molecule has 104 valence electrons. The molecule has 0 atom stereocenters. The van der Waals surface area contributed by atoms with Gasteiger partial charge < -0.3 is 15.2 Å². The number of hydrogen-bond donors (Lipinski definition) is 2. The summed E-state index contributed by atoms with van der Waals surface area (Å²) in [5.41, 5.74) is 0.828. The fourth-order valence-electron chi connectivity index (χ4n) is 2.16. The van der Waals surface area contributed by atoms with Crippen LogP contribution in [0.4, 0.5) is 0 Å². The molecule has 1 heterocycles. The van der Waals surface area contributed by atoms with E-state index in [0.717, 1.165) is 12.8 Å². The number of halogens is 1. The third kappa shape index (κ3) is 3.19. The van der Waals surface area contributed by atoms with E-state index in [2.05, 4.69) is 5.32 Å². The van der Waals surface area contributed by atoms with Crippen LogP contribution in [0.25, 0.3) is 0 Å². The van der Waals surface area contributed by atoms with Crippen LogP contribution in [0.5, 0.6) is 5.75 Å². The first-order valence-electron chi connectivity index (χ1n) is 6.32. The van der Waals surface area contributed by atoms with Crippen LogP contribution >= 0.6 is 11.6 Å². The molecular formula is C14H18ClNO3. The number of alkyl halides is 1. The fraction of sp³-hybridized carbons (Fsp3) is 0.500. The van der Waals surface area contributed by atoms with Gasteiger partial charge >= 0.3 is 0 Å². The molecule has 0 spiro atoms. The number of rotatable bonds is 3. The molecular weight excluding hydrogens is 266 g/mol. The molecule has 1 aliphatic heterocycles. The second-order valence-electron chi connectivity index (χ2n) is 4.98. The number of amides is 1. The highest BCUT2D eigenvalue weighted by molar-refractivity contribution is 6.19. The van der Waals surface area contributed by atoms with Crippen molar-refractivity contribution in [1.29, 1.82) is 0 Å². The van der Waals surface area contributed by atoms with E-state index >= 15 is 0 Å². The molecule has 1 aromatic rings. The van der Waals surface area contributed by atoms with Gasteiger partial charge in [0.25, 0.3) is 5.91 Å². The Morgan fingerprint density at radius 1 is 1.47 bits per heavy atom. The molecule has 1 fully saturated rings. The van der Waals surface area contributed by atoms with Crippen LogP contribution in [0, 0.1) is 6.92 Å². The van der Waals surface area contributed by atoms with Crippen LogP contribution in [-0.4, -0.2) is 35.6 Å². The lowest BCUT2D eigenvalue weighted by Crippen LogP contribution is -2.53. The number of benzene rings is 1. The van der Waals surface area contributed by atoms with E-state index in [-0.39, 0.29) is 17.2 Å². The van der Waals surface area contributed by atoms with Crippen LogP contribution in [0.15, 0.2) is 18.2 Å². The first-order valence-corrected chi connectivity index (χ1v) is 6.86. The van der Waals surface area contributed by atoms with Gasteiger partial charge in [-0.05, 0) is 43.5 Å². The number of phenolic OH excluding ortho intramolecular Hbond substituents is 1. The number of phenols is 1. The fourth-order valence-corrected chi connectivity index (χ4v) is 2.50. The summed E-state index contributed by atoms with van der Waals surface area (Å²) in [5, 5.41) is 12.5. The standard InChI is InChI=1S/C14H18ClNO3/c1-10-8-11(2-3-12(10)17)13(18)16-14(9-15)4-6-19-7-5-14/h2-3,8,17H,4-7,9H2,1H3,(H,16,18). The minimum absolute atomic E-state index is 0.161. The van der Waals surface area contributed by atoms with Crippen LogP contribution in [0.2, 0.25) is 0 Å². The van der Waals surface area contributed by atoms with Crippen molar-refractivity contribution in [3.05, 3.63) is 29.3 Å². The molecule has 1 saturated heterocycles.